The average Bonchev–Trinajstić information content (AvgIpc) is 3.85. The van der Waals surface area contributed by atoms with Gasteiger partial charge in [0.15, 0.2) is 0 Å². The van der Waals surface area contributed by atoms with Crippen LogP contribution in [0.1, 0.15) is 65.1 Å². The van der Waals surface area contributed by atoms with Gasteiger partial charge in [0.1, 0.15) is 24.7 Å². The van der Waals surface area contributed by atoms with Crippen LogP contribution in [0.25, 0.3) is 22.0 Å². The Labute approximate surface area is 337 Å². The van der Waals surface area contributed by atoms with Crippen LogP contribution in [0.2, 0.25) is 5.02 Å². The van der Waals surface area contributed by atoms with Crippen molar-refractivity contribution < 1.29 is 19.4 Å². The van der Waals surface area contributed by atoms with E-state index in [4.69, 9.17) is 21.4 Å². The minimum absolute atomic E-state index is 0.131. The number of amides is 1. The van der Waals surface area contributed by atoms with Crippen molar-refractivity contribution >= 4 is 45.8 Å². The second-order valence-electron chi connectivity index (χ2n) is 13.9. The number of benzene rings is 3. The van der Waals surface area contributed by atoms with Crippen LogP contribution in [0, 0.1) is 11.3 Å². The lowest BCUT2D eigenvalue weighted by Crippen LogP contribution is -2.35. The lowest BCUT2D eigenvalue weighted by molar-refractivity contribution is -0.119. The molecule has 292 valence electrons. The molecule has 2 unspecified atom stereocenters. The minimum Gasteiger partial charge on any atom is -0.489 e. The standard InChI is InChI=1S/C45H46ClN7O4/c1-3-34(7-4-6-30(2)35-12-10-31(11-13-35)20-49-24-38-14-15-45(56)52-38)40-8-5-9-43-41(40)25-51-53(43)26-37-18-44(57-29-33-16-32(19-47)21-48-22-33)36(17-42(37)46)23-50-39(27-54)28-55/h4-13,16-18,21-22,25,27,38-39,49-50,55H,2-3,14-15,20,23-24,26,28-29H2,1H3,(H,52,56)/b6-4-,34-7+. The Balaban J connectivity index is 1.16. The molecule has 0 bridgehead atoms. The number of hydrogen-bond acceptors (Lipinski definition) is 9. The predicted octanol–water partition coefficient (Wildman–Crippen LogP) is 6.66. The maximum Gasteiger partial charge on any atom is 0.220 e. The summed E-state index contributed by atoms with van der Waals surface area (Å²) >= 11 is 6.87. The van der Waals surface area contributed by atoms with Crippen LogP contribution in [0.3, 0.4) is 0 Å². The van der Waals surface area contributed by atoms with Gasteiger partial charge in [-0.25, -0.2) is 0 Å². The lowest BCUT2D eigenvalue weighted by Gasteiger charge is -2.17. The number of rotatable bonds is 19. The quantitative estimate of drug-likeness (QED) is 0.0532. The van der Waals surface area contributed by atoms with E-state index in [0.717, 1.165) is 70.2 Å². The van der Waals surface area contributed by atoms with Crippen molar-refractivity contribution in [1.82, 2.24) is 30.7 Å². The van der Waals surface area contributed by atoms with Gasteiger partial charge in [0.2, 0.25) is 5.91 Å². The van der Waals surface area contributed by atoms with Gasteiger partial charge < -0.3 is 30.6 Å². The van der Waals surface area contributed by atoms with E-state index in [0.29, 0.717) is 41.2 Å². The lowest BCUT2D eigenvalue weighted by atomic mass is 9.99. The van der Waals surface area contributed by atoms with Crippen LogP contribution in [-0.2, 0) is 35.8 Å². The van der Waals surface area contributed by atoms with Crippen LogP contribution in [0.5, 0.6) is 5.75 Å². The summed E-state index contributed by atoms with van der Waals surface area (Å²) < 4.78 is 8.16. The fraction of sp³-hybridized carbons (Fsp3) is 0.267. The zero-order valence-corrected chi connectivity index (χ0v) is 32.6. The number of nitriles is 1. The molecule has 2 atom stereocenters. The Morgan fingerprint density at radius 3 is 2.72 bits per heavy atom. The number of halogens is 1. The fourth-order valence-electron chi connectivity index (χ4n) is 6.72. The molecule has 3 heterocycles. The number of ether oxygens (including phenoxy) is 1. The van der Waals surface area contributed by atoms with Crippen LogP contribution >= 0.6 is 11.6 Å². The highest BCUT2D eigenvalue weighted by Crippen LogP contribution is 2.32. The molecule has 1 fully saturated rings. The average molecular weight is 784 g/mol. The molecular weight excluding hydrogens is 738 g/mol. The third-order valence-electron chi connectivity index (χ3n) is 9.92. The summed E-state index contributed by atoms with van der Waals surface area (Å²) in [4.78, 5) is 26.9. The third kappa shape index (κ3) is 10.7. The summed E-state index contributed by atoms with van der Waals surface area (Å²) in [7, 11) is 0. The van der Waals surface area contributed by atoms with E-state index in [2.05, 4.69) is 76.9 Å². The van der Waals surface area contributed by atoms with Crippen LogP contribution in [-0.4, -0.2) is 57.3 Å². The molecule has 0 saturated carbocycles. The first kappa shape index (κ1) is 40.8. The van der Waals surface area contributed by atoms with Gasteiger partial charge in [-0.05, 0) is 70.5 Å². The van der Waals surface area contributed by atoms with Gasteiger partial charge >= 0.3 is 0 Å². The molecule has 57 heavy (non-hydrogen) atoms. The maximum atomic E-state index is 11.4. The van der Waals surface area contributed by atoms with Crippen molar-refractivity contribution in [3.63, 3.8) is 0 Å². The topological polar surface area (TPSA) is 154 Å². The van der Waals surface area contributed by atoms with Gasteiger partial charge in [0.05, 0.1) is 36.5 Å². The minimum atomic E-state index is -0.736. The van der Waals surface area contributed by atoms with Crippen molar-refractivity contribution in [2.45, 2.75) is 64.5 Å². The Kier molecular flexibility index (Phi) is 14.2. The number of aromatic nitrogens is 3. The summed E-state index contributed by atoms with van der Waals surface area (Å²) in [6, 6.07) is 21.5. The van der Waals surface area contributed by atoms with E-state index in [9.17, 15) is 20.0 Å². The number of nitrogens with zero attached hydrogens (tertiary/aromatic N) is 4. The number of aliphatic hydroxyl groups excluding tert-OH is 1. The van der Waals surface area contributed by atoms with E-state index in [1.54, 1.807) is 18.3 Å². The number of aldehydes is 1. The van der Waals surface area contributed by atoms with Gasteiger partial charge in [0, 0.05) is 66.0 Å². The monoisotopic (exact) mass is 783 g/mol. The Morgan fingerprint density at radius 1 is 1.14 bits per heavy atom. The smallest absolute Gasteiger partial charge is 0.220 e. The molecule has 5 aromatic rings. The summed E-state index contributed by atoms with van der Waals surface area (Å²) in [5.41, 5.74) is 8.95. The molecular formula is C45H46ClN7O4. The highest BCUT2D eigenvalue weighted by atomic mass is 35.5. The van der Waals surface area contributed by atoms with Crippen molar-refractivity contribution in [2.75, 3.05) is 13.2 Å². The molecule has 1 aliphatic rings. The largest absolute Gasteiger partial charge is 0.489 e. The Hall–Kier alpha value is -5.90. The van der Waals surface area contributed by atoms with Crippen molar-refractivity contribution in [1.29, 1.82) is 5.26 Å². The van der Waals surface area contributed by atoms with E-state index in [1.807, 2.05) is 41.2 Å². The second kappa shape index (κ2) is 19.8. The molecule has 11 nitrogen and oxygen atoms in total. The molecule has 0 aliphatic carbocycles. The number of aliphatic hydroxyl groups is 1. The van der Waals surface area contributed by atoms with Crippen molar-refractivity contribution in [2.24, 2.45) is 0 Å². The van der Waals surface area contributed by atoms with Crippen molar-refractivity contribution in [3.8, 4) is 11.8 Å². The molecule has 0 spiro atoms. The maximum absolute atomic E-state index is 11.4. The van der Waals surface area contributed by atoms with E-state index in [1.165, 1.54) is 11.8 Å². The SMILES string of the molecule is C=C(/C=C\C=C(/CC)c1cccc2c1cnn2Cc1cc(OCc2cncc(C#N)c2)c(CNC(C=O)CO)cc1Cl)c1ccc(CNCC2CCC(=O)N2)cc1. The Morgan fingerprint density at radius 2 is 1.98 bits per heavy atom. The van der Waals surface area contributed by atoms with Crippen LogP contribution < -0.4 is 20.7 Å². The summed E-state index contributed by atoms with van der Waals surface area (Å²) in [5, 5.41) is 34.6. The molecule has 1 aliphatic heterocycles. The van der Waals surface area contributed by atoms with E-state index < -0.39 is 6.04 Å². The molecule has 2 aromatic heterocycles. The summed E-state index contributed by atoms with van der Waals surface area (Å²) in [5.74, 6) is 0.667. The summed E-state index contributed by atoms with van der Waals surface area (Å²) in [6.07, 6.45) is 14.2. The number of allylic oxidation sites excluding steroid dienone is 5. The number of nitrogens with one attached hydrogen (secondary N) is 3. The van der Waals surface area contributed by atoms with Gasteiger partial charge in [-0.1, -0.05) is 79.7 Å². The van der Waals surface area contributed by atoms with Gasteiger partial charge in [-0.3, -0.25) is 14.5 Å². The second-order valence-corrected chi connectivity index (χ2v) is 14.3. The molecule has 0 radical (unpaired) electrons. The first-order chi connectivity index (χ1) is 27.8. The van der Waals surface area contributed by atoms with E-state index >= 15 is 0 Å². The first-order valence-corrected chi connectivity index (χ1v) is 19.3. The normalized spacial score (nSPS) is 14.8. The Bertz CT molecular complexity index is 2330. The van der Waals surface area contributed by atoms with Crippen LogP contribution in [0.15, 0.2) is 104 Å². The highest BCUT2D eigenvalue weighted by molar-refractivity contribution is 6.31. The number of fused-ring (bicyclic) bond motifs is 1. The molecule has 4 N–H and O–H groups in total. The molecule has 1 amide bonds. The number of hydrogen-bond donors (Lipinski definition) is 4. The predicted molar refractivity (Wildman–Crippen MR) is 223 cm³/mol. The number of carbonyl (C=O) groups excluding carboxylic acids is 2. The zero-order chi connectivity index (χ0) is 40.1. The molecule has 6 rings (SSSR count). The van der Waals surface area contributed by atoms with Crippen LogP contribution in [0.4, 0.5) is 0 Å². The van der Waals surface area contributed by atoms with Gasteiger partial charge in [-0.2, -0.15) is 10.4 Å². The highest BCUT2D eigenvalue weighted by Gasteiger charge is 2.20. The van der Waals surface area contributed by atoms with E-state index in [-0.39, 0.29) is 31.7 Å². The van der Waals surface area contributed by atoms with Gasteiger partial charge in [0.25, 0.3) is 0 Å². The number of pyridine rings is 1. The van der Waals surface area contributed by atoms with Crippen molar-refractivity contribution in [3.05, 3.63) is 148 Å². The zero-order valence-electron chi connectivity index (χ0n) is 31.9. The fourth-order valence-corrected chi connectivity index (χ4v) is 6.97. The molecule has 12 heteroatoms. The first-order valence-electron chi connectivity index (χ1n) is 19.0. The van der Waals surface area contributed by atoms with Gasteiger partial charge in [-0.15, -0.1) is 0 Å². The molecule has 3 aromatic carbocycles. The third-order valence-corrected chi connectivity index (χ3v) is 10.3. The molecule has 1 saturated heterocycles. The number of carbonyl (C=O) groups is 2. The summed E-state index contributed by atoms with van der Waals surface area (Å²) in [6.45, 7) is 8.34.